The molecule has 0 heterocycles. The Morgan fingerprint density at radius 2 is 1.83 bits per heavy atom. The van der Waals surface area contributed by atoms with E-state index in [1.807, 2.05) is 6.07 Å². The lowest BCUT2D eigenvalue weighted by Crippen LogP contribution is -2.28. The van der Waals surface area contributed by atoms with Crippen LogP contribution in [0.15, 0.2) is 30.3 Å². The molecule has 0 aliphatic heterocycles. The molecule has 0 saturated carbocycles. The van der Waals surface area contributed by atoms with Gasteiger partial charge in [0.25, 0.3) is 0 Å². The summed E-state index contributed by atoms with van der Waals surface area (Å²) in [6.45, 7) is 7.40. The highest BCUT2D eigenvalue weighted by molar-refractivity contribution is 5.18. The van der Waals surface area contributed by atoms with Crippen LogP contribution < -0.4 is 5.32 Å². The zero-order valence-electron chi connectivity index (χ0n) is 11.7. The fourth-order valence-electron chi connectivity index (χ4n) is 1.75. The second-order valence-electron chi connectivity index (χ2n) is 4.84. The van der Waals surface area contributed by atoms with E-state index in [4.69, 9.17) is 9.47 Å². The second kappa shape index (κ2) is 9.09. The molecule has 0 aliphatic rings. The van der Waals surface area contributed by atoms with Crippen LogP contribution in [0.1, 0.15) is 25.5 Å². The number of benzene rings is 1. The SMILES string of the molecule is COCC(NCCOCC(C)C)c1ccccc1. The van der Waals surface area contributed by atoms with Crippen molar-refractivity contribution >= 4 is 0 Å². The third-order valence-electron chi connectivity index (χ3n) is 2.62. The van der Waals surface area contributed by atoms with E-state index in [-0.39, 0.29) is 6.04 Å². The number of hydrogen-bond donors (Lipinski definition) is 1. The first-order valence-electron chi connectivity index (χ1n) is 6.59. The van der Waals surface area contributed by atoms with Gasteiger partial charge in [-0.15, -0.1) is 0 Å². The van der Waals surface area contributed by atoms with Crippen LogP contribution in [-0.4, -0.2) is 33.5 Å². The largest absolute Gasteiger partial charge is 0.383 e. The molecule has 0 bridgehead atoms. The lowest BCUT2D eigenvalue weighted by molar-refractivity contribution is 0.104. The number of hydrogen-bond acceptors (Lipinski definition) is 3. The summed E-state index contributed by atoms with van der Waals surface area (Å²) in [5, 5.41) is 3.46. The van der Waals surface area contributed by atoms with Crippen LogP contribution in [0, 0.1) is 5.92 Å². The van der Waals surface area contributed by atoms with Gasteiger partial charge in [-0.2, -0.15) is 0 Å². The molecule has 0 radical (unpaired) electrons. The maximum absolute atomic E-state index is 5.56. The molecule has 1 N–H and O–H groups in total. The van der Waals surface area contributed by atoms with Gasteiger partial charge < -0.3 is 14.8 Å². The Bertz CT molecular complexity index is 301. The monoisotopic (exact) mass is 251 g/mol. The van der Waals surface area contributed by atoms with Crippen molar-refractivity contribution in [2.24, 2.45) is 5.92 Å². The van der Waals surface area contributed by atoms with Gasteiger partial charge in [0.2, 0.25) is 0 Å². The van der Waals surface area contributed by atoms with Gasteiger partial charge in [0.05, 0.1) is 19.3 Å². The summed E-state index contributed by atoms with van der Waals surface area (Å²) in [4.78, 5) is 0. The number of ether oxygens (including phenoxy) is 2. The van der Waals surface area contributed by atoms with Crippen molar-refractivity contribution in [1.29, 1.82) is 0 Å². The predicted octanol–water partition coefficient (Wildman–Crippen LogP) is 2.64. The van der Waals surface area contributed by atoms with Crippen LogP contribution in [0.25, 0.3) is 0 Å². The first kappa shape index (κ1) is 15.2. The van der Waals surface area contributed by atoms with Crippen molar-refractivity contribution in [3.05, 3.63) is 35.9 Å². The van der Waals surface area contributed by atoms with Crippen LogP contribution in [0.2, 0.25) is 0 Å². The van der Waals surface area contributed by atoms with Crippen molar-refractivity contribution in [3.63, 3.8) is 0 Å². The van der Waals surface area contributed by atoms with E-state index in [2.05, 4.69) is 43.4 Å². The summed E-state index contributed by atoms with van der Waals surface area (Å²) in [6.07, 6.45) is 0. The Morgan fingerprint density at radius 3 is 2.44 bits per heavy atom. The number of nitrogens with one attached hydrogen (secondary N) is 1. The molecule has 0 aliphatic carbocycles. The summed E-state index contributed by atoms with van der Waals surface area (Å²) in [6, 6.07) is 10.6. The van der Waals surface area contributed by atoms with E-state index < -0.39 is 0 Å². The van der Waals surface area contributed by atoms with Crippen LogP contribution in [0.4, 0.5) is 0 Å². The normalized spacial score (nSPS) is 12.9. The van der Waals surface area contributed by atoms with Gasteiger partial charge in [-0.25, -0.2) is 0 Å². The summed E-state index contributed by atoms with van der Waals surface area (Å²) < 4.78 is 10.8. The molecule has 0 fully saturated rings. The Labute approximate surface area is 110 Å². The van der Waals surface area contributed by atoms with Crippen molar-refractivity contribution in [3.8, 4) is 0 Å². The molecule has 18 heavy (non-hydrogen) atoms. The van der Waals surface area contributed by atoms with Gasteiger partial charge in [-0.1, -0.05) is 44.2 Å². The van der Waals surface area contributed by atoms with E-state index >= 15 is 0 Å². The minimum Gasteiger partial charge on any atom is -0.383 e. The fraction of sp³-hybridized carbons (Fsp3) is 0.600. The highest BCUT2D eigenvalue weighted by atomic mass is 16.5. The third kappa shape index (κ3) is 6.15. The standard InChI is InChI=1S/C15H25NO2/c1-13(2)11-18-10-9-16-15(12-17-3)14-7-5-4-6-8-14/h4-8,13,15-16H,9-12H2,1-3H3. The van der Waals surface area contributed by atoms with Crippen LogP contribution in [-0.2, 0) is 9.47 Å². The number of methoxy groups -OCH3 is 1. The highest BCUT2D eigenvalue weighted by Gasteiger charge is 2.09. The van der Waals surface area contributed by atoms with Crippen molar-refractivity contribution in [1.82, 2.24) is 5.32 Å². The molecule has 3 heteroatoms. The van der Waals surface area contributed by atoms with Gasteiger partial charge >= 0.3 is 0 Å². The Balaban J connectivity index is 2.31. The average molecular weight is 251 g/mol. The molecule has 0 spiro atoms. The summed E-state index contributed by atoms with van der Waals surface area (Å²) >= 11 is 0. The molecule has 1 atom stereocenters. The minimum atomic E-state index is 0.235. The predicted molar refractivity (Wildman–Crippen MR) is 74.7 cm³/mol. The average Bonchev–Trinajstić information content (AvgIpc) is 2.38. The van der Waals surface area contributed by atoms with Gasteiger partial charge in [0, 0.05) is 20.3 Å². The highest BCUT2D eigenvalue weighted by Crippen LogP contribution is 2.12. The smallest absolute Gasteiger partial charge is 0.0657 e. The van der Waals surface area contributed by atoms with E-state index in [0.717, 1.165) is 19.8 Å². The molecule has 0 aromatic heterocycles. The zero-order valence-corrected chi connectivity index (χ0v) is 11.7. The van der Waals surface area contributed by atoms with Gasteiger partial charge in [0.15, 0.2) is 0 Å². The van der Waals surface area contributed by atoms with Crippen molar-refractivity contribution < 1.29 is 9.47 Å². The summed E-state index contributed by atoms with van der Waals surface area (Å²) in [5.74, 6) is 0.592. The Morgan fingerprint density at radius 1 is 1.11 bits per heavy atom. The van der Waals surface area contributed by atoms with E-state index in [1.54, 1.807) is 7.11 Å². The lowest BCUT2D eigenvalue weighted by atomic mass is 10.1. The molecule has 1 rings (SSSR count). The van der Waals surface area contributed by atoms with E-state index in [9.17, 15) is 0 Å². The molecule has 0 saturated heterocycles. The van der Waals surface area contributed by atoms with Gasteiger partial charge in [0.1, 0.15) is 0 Å². The maximum atomic E-state index is 5.56. The van der Waals surface area contributed by atoms with Gasteiger partial charge in [-0.05, 0) is 11.5 Å². The molecule has 102 valence electrons. The summed E-state index contributed by atoms with van der Waals surface area (Å²) in [7, 11) is 1.73. The van der Waals surface area contributed by atoms with E-state index in [0.29, 0.717) is 12.5 Å². The topological polar surface area (TPSA) is 30.5 Å². The minimum absolute atomic E-state index is 0.235. The second-order valence-corrected chi connectivity index (χ2v) is 4.84. The molecule has 1 aromatic carbocycles. The third-order valence-corrected chi connectivity index (χ3v) is 2.62. The lowest BCUT2D eigenvalue weighted by Gasteiger charge is -2.18. The molecule has 3 nitrogen and oxygen atoms in total. The first-order valence-corrected chi connectivity index (χ1v) is 6.59. The van der Waals surface area contributed by atoms with Gasteiger partial charge in [-0.3, -0.25) is 0 Å². The molecule has 0 amide bonds. The summed E-state index contributed by atoms with van der Waals surface area (Å²) in [5.41, 5.74) is 1.25. The van der Waals surface area contributed by atoms with Crippen LogP contribution in [0.3, 0.4) is 0 Å². The van der Waals surface area contributed by atoms with Crippen molar-refractivity contribution in [2.75, 3.05) is 33.5 Å². The molecular formula is C15H25NO2. The van der Waals surface area contributed by atoms with Crippen LogP contribution >= 0.6 is 0 Å². The first-order chi connectivity index (χ1) is 8.74. The quantitative estimate of drug-likeness (QED) is 0.684. The molecule has 1 aromatic rings. The Hall–Kier alpha value is -0.900. The van der Waals surface area contributed by atoms with Crippen LogP contribution in [0.5, 0.6) is 0 Å². The maximum Gasteiger partial charge on any atom is 0.0657 e. The fourth-order valence-corrected chi connectivity index (χ4v) is 1.75. The molecule has 1 unspecified atom stereocenters. The van der Waals surface area contributed by atoms with Crippen molar-refractivity contribution in [2.45, 2.75) is 19.9 Å². The molecular weight excluding hydrogens is 226 g/mol. The zero-order chi connectivity index (χ0) is 13.2. The Kier molecular flexibility index (Phi) is 7.65. The van der Waals surface area contributed by atoms with E-state index in [1.165, 1.54) is 5.56 Å². The number of rotatable bonds is 9.